The Bertz CT molecular complexity index is 852. The van der Waals surface area contributed by atoms with E-state index in [1.807, 2.05) is 0 Å². The number of nitrogens with one attached hydrogen (secondary N) is 2. The molecule has 2 rings (SSSR count). The van der Waals surface area contributed by atoms with Gasteiger partial charge < -0.3 is 24.3 Å². The number of amides is 2. The predicted octanol–water partition coefficient (Wildman–Crippen LogP) is 2.80. The highest BCUT2D eigenvalue weighted by molar-refractivity contribution is 5.88. The first kappa shape index (κ1) is 21.5. The zero-order chi connectivity index (χ0) is 21.1. The zero-order valence-corrected chi connectivity index (χ0v) is 16.4. The normalized spacial score (nSPS) is 10.3. The van der Waals surface area contributed by atoms with Gasteiger partial charge in [0.15, 0.2) is 11.5 Å². The van der Waals surface area contributed by atoms with Crippen molar-refractivity contribution < 1.29 is 28.5 Å². The Balaban J connectivity index is 1.83. The van der Waals surface area contributed by atoms with E-state index in [1.54, 1.807) is 42.5 Å². The van der Waals surface area contributed by atoms with Crippen LogP contribution in [0.4, 0.5) is 10.5 Å². The first-order valence-corrected chi connectivity index (χ1v) is 8.70. The average Bonchev–Trinajstić information content (AvgIpc) is 2.72. The van der Waals surface area contributed by atoms with Gasteiger partial charge in [-0.25, -0.2) is 10.2 Å². The van der Waals surface area contributed by atoms with Crippen LogP contribution in [-0.2, 0) is 9.53 Å². The van der Waals surface area contributed by atoms with Gasteiger partial charge in [0.25, 0.3) is 0 Å². The summed E-state index contributed by atoms with van der Waals surface area (Å²) in [4.78, 5) is 22.0. The van der Waals surface area contributed by atoms with Crippen LogP contribution in [0, 0.1) is 0 Å². The molecule has 0 saturated carbocycles. The maximum atomic E-state index is 11.0. The topological polar surface area (TPSA) is 107 Å². The maximum absolute atomic E-state index is 11.0. The fraction of sp³-hybridized carbons (Fsp3) is 0.250. The molecule has 0 saturated heterocycles. The van der Waals surface area contributed by atoms with E-state index in [1.165, 1.54) is 27.4 Å². The number of ether oxygens (including phenoxy) is 4. The lowest BCUT2D eigenvalue weighted by Gasteiger charge is -2.12. The quantitative estimate of drug-likeness (QED) is 0.380. The lowest BCUT2D eigenvalue weighted by Crippen LogP contribution is -2.16. The highest BCUT2D eigenvalue weighted by Gasteiger charge is 2.06. The van der Waals surface area contributed by atoms with E-state index in [0.717, 1.165) is 0 Å². The van der Waals surface area contributed by atoms with Crippen molar-refractivity contribution >= 4 is 23.9 Å². The number of hydrazone groups is 1. The third-order valence-electron chi connectivity index (χ3n) is 3.53. The Morgan fingerprint density at radius 3 is 2.38 bits per heavy atom. The van der Waals surface area contributed by atoms with Gasteiger partial charge in [0.1, 0.15) is 19.0 Å². The molecule has 0 fully saturated rings. The van der Waals surface area contributed by atoms with Gasteiger partial charge in [-0.2, -0.15) is 5.10 Å². The third kappa shape index (κ3) is 7.41. The van der Waals surface area contributed by atoms with Crippen molar-refractivity contribution in [2.45, 2.75) is 6.92 Å². The van der Waals surface area contributed by atoms with Gasteiger partial charge in [-0.15, -0.1) is 0 Å². The van der Waals surface area contributed by atoms with Crippen molar-refractivity contribution in [1.29, 1.82) is 0 Å². The molecular formula is C20H23N3O6. The molecule has 0 radical (unpaired) electrons. The Morgan fingerprint density at radius 1 is 1.00 bits per heavy atom. The Morgan fingerprint density at radius 2 is 1.72 bits per heavy atom. The number of carbonyl (C=O) groups is 2. The number of hydrogen-bond acceptors (Lipinski definition) is 7. The number of methoxy groups -OCH3 is 2. The zero-order valence-electron chi connectivity index (χ0n) is 16.4. The molecule has 9 heteroatoms. The second kappa shape index (κ2) is 11.2. The van der Waals surface area contributed by atoms with Crippen molar-refractivity contribution in [3.8, 4) is 17.2 Å². The fourth-order valence-corrected chi connectivity index (χ4v) is 2.24. The standard InChI is InChI=1S/C20H23N3O6/c1-14(24)22-16-5-7-17(8-6-16)28-10-11-29-18-9-4-15(12-19(18)26-2)13-21-23-20(25)27-3/h4-9,12-13H,10-11H2,1-3H3,(H,22,24)(H,23,25)/b21-13+. The Hall–Kier alpha value is -3.75. The third-order valence-corrected chi connectivity index (χ3v) is 3.53. The minimum Gasteiger partial charge on any atom is -0.493 e. The molecule has 2 aromatic carbocycles. The number of nitrogens with zero attached hydrogens (tertiary/aromatic N) is 1. The molecule has 0 aromatic heterocycles. The molecule has 2 amide bonds. The van der Waals surface area contributed by atoms with Crippen LogP contribution < -0.4 is 25.0 Å². The molecular weight excluding hydrogens is 378 g/mol. The first-order valence-electron chi connectivity index (χ1n) is 8.70. The van der Waals surface area contributed by atoms with Crippen LogP contribution in [0.3, 0.4) is 0 Å². The van der Waals surface area contributed by atoms with Gasteiger partial charge in [-0.3, -0.25) is 4.79 Å². The van der Waals surface area contributed by atoms with Gasteiger partial charge in [0.05, 0.1) is 20.4 Å². The van der Waals surface area contributed by atoms with Gasteiger partial charge in [-0.05, 0) is 48.0 Å². The van der Waals surface area contributed by atoms with E-state index < -0.39 is 6.09 Å². The summed E-state index contributed by atoms with van der Waals surface area (Å²) in [6, 6.07) is 12.3. The summed E-state index contributed by atoms with van der Waals surface area (Å²) in [5, 5.41) is 6.45. The van der Waals surface area contributed by atoms with Crippen molar-refractivity contribution in [3.63, 3.8) is 0 Å². The van der Waals surface area contributed by atoms with Gasteiger partial charge in [0, 0.05) is 12.6 Å². The van der Waals surface area contributed by atoms with Crippen LogP contribution in [0.15, 0.2) is 47.6 Å². The van der Waals surface area contributed by atoms with Crippen molar-refractivity contribution in [2.75, 3.05) is 32.8 Å². The fourth-order valence-electron chi connectivity index (χ4n) is 2.24. The number of anilines is 1. The van der Waals surface area contributed by atoms with Crippen LogP contribution >= 0.6 is 0 Å². The second-order valence-corrected chi connectivity index (χ2v) is 5.67. The van der Waals surface area contributed by atoms with Crippen LogP contribution in [0.5, 0.6) is 17.2 Å². The summed E-state index contributed by atoms with van der Waals surface area (Å²) >= 11 is 0. The van der Waals surface area contributed by atoms with E-state index in [-0.39, 0.29) is 5.91 Å². The molecule has 0 spiro atoms. The molecule has 0 unspecified atom stereocenters. The summed E-state index contributed by atoms with van der Waals surface area (Å²) in [6.45, 7) is 2.09. The smallest absolute Gasteiger partial charge is 0.427 e. The number of benzene rings is 2. The van der Waals surface area contributed by atoms with Crippen LogP contribution in [0.25, 0.3) is 0 Å². The molecule has 0 aliphatic heterocycles. The molecule has 0 bridgehead atoms. The summed E-state index contributed by atoms with van der Waals surface area (Å²) < 4.78 is 21.1. The highest BCUT2D eigenvalue weighted by atomic mass is 16.5. The van der Waals surface area contributed by atoms with Gasteiger partial charge in [0.2, 0.25) is 5.91 Å². The number of carbonyl (C=O) groups excluding carboxylic acids is 2. The predicted molar refractivity (Wildman–Crippen MR) is 108 cm³/mol. The van der Waals surface area contributed by atoms with E-state index >= 15 is 0 Å². The second-order valence-electron chi connectivity index (χ2n) is 5.67. The molecule has 9 nitrogen and oxygen atoms in total. The molecule has 29 heavy (non-hydrogen) atoms. The highest BCUT2D eigenvalue weighted by Crippen LogP contribution is 2.27. The summed E-state index contributed by atoms with van der Waals surface area (Å²) in [5.74, 6) is 1.61. The summed E-state index contributed by atoms with van der Waals surface area (Å²) in [7, 11) is 2.79. The molecule has 2 aromatic rings. The van der Waals surface area contributed by atoms with E-state index in [4.69, 9.17) is 14.2 Å². The van der Waals surface area contributed by atoms with Crippen LogP contribution in [0.2, 0.25) is 0 Å². The Kier molecular flexibility index (Phi) is 8.30. The van der Waals surface area contributed by atoms with Gasteiger partial charge >= 0.3 is 6.09 Å². The largest absolute Gasteiger partial charge is 0.493 e. The average molecular weight is 401 g/mol. The molecule has 0 heterocycles. The maximum Gasteiger partial charge on any atom is 0.427 e. The van der Waals surface area contributed by atoms with Crippen molar-refractivity contribution in [1.82, 2.24) is 5.43 Å². The lowest BCUT2D eigenvalue weighted by atomic mass is 10.2. The minimum absolute atomic E-state index is 0.127. The lowest BCUT2D eigenvalue weighted by molar-refractivity contribution is -0.114. The van der Waals surface area contributed by atoms with Crippen molar-refractivity contribution in [3.05, 3.63) is 48.0 Å². The molecule has 154 valence electrons. The molecule has 0 aliphatic rings. The van der Waals surface area contributed by atoms with Gasteiger partial charge in [-0.1, -0.05) is 0 Å². The summed E-state index contributed by atoms with van der Waals surface area (Å²) in [5.41, 5.74) is 3.62. The summed E-state index contributed by atoms with van der Waals surface area (Å²) in [6.07, 6.45) is 0.801. The van der Waals surface area contributed by atoms with E-state index in [0.29, 0.717) is 41.7 Å². The minimum atomic E-state index is -0.655. The van der Waals surface area contributed by atoms with E-state index in [9.17, 15) is 9.59 Å². The number of rotatable bonds is 9. The molecule has 2 N–H and O–H groups in total. The van der Waals surface area contributed by atoms with Crippen LogP contribution in [-0.4, -0.2) is 45.6 Å². The van der Waals surface area contributed by atoms with Crippen LogP contribution in [0.1, 0.15) is 12.5 Å². The first-order chi connectivity index (χ1) is 14.0. The molecule has 0 atom stereocenters. The monoisotopic (exact) mass is 401 g/mol. The SMILES string of the molecule is COC(=O)N/N=C/c1ccc(OCCOc2ccc(NC(C)=O)cc2)c(OC)c1. The van der Waals surface area contributed by atoms with E-state index in [2.05, 4.69) is 20.6 Å². The van der Waals surface area contributed by atoms with Crippen molar-refractivity contribution in [2.24, 2.45) is 5.10 Å². The molecule has 0 aliphatic carbocycles. The Labute approximate surface area is 168 Å². The number of hydrogen-bond donors (Lipinski definition) is 2.